The first kappa shape index (κ1) is 15.5. The maximum Gasteiger partial charge on any atom is 0.332 e. The molecule has 0 aromatic rings. The van der Waals surface area contributed by atoms with Crippen molar-refractivity contribution >= 4 is 14.3 Å². The van der Waals surface area contributed by atoms with Crippen molar-refractivity contribution in [2.24, 2.45) is 0 Å². The van der Waals surface area contributed by atoms with E-state index in [1.54, 1.807) is 0 Å². The molecule has 4 heteroatoms. The minimum absolute atomic E-state index is 0.0605. The molecule has 0 aromatic heterocycles. The molecule has 0 radical (unpaired) electrons. The Morgan fingerprint density at radius 3 is 2.38 bits per heavy atom. The van der Waals surface area contributed by atoms with Crippen molar-refractivity contribution in [1.29, 1.82) is 0 Å². The second-order valence-corrected chi connectivity index (χ2v) is 7.78. The molecule has 3 nitrogen and oxygen atoms in total. The monoisotopic (exact) mass is 244 g/mol. The van der Waals surface area contributed by atoms with Crippen LogP contribution < -0.4 is 0 Å². The topological polar surface area (TPSA) is 35.5 Å². The van der Waals surface area contributed by atoms with Gasteiger partial charge in [-0.25, -0.2) is 0 Å². The SMILES string of the molecule is C=CC(=O)C(C)(CCC)O[Si](C)(C)OCC. The quantitative estimate of drug-likeness (QED) is 0.486. The van der Waals surface area contributed by atoms with E-state index >= 15 is 0 Å². The molecule has 0 aliphatic heterocycles. The Labute approximate surface area is 100 Å². The van der Waals surface area contributed by atoms with E-state index in [0.29, 0.717) is 13.0 Å². The molecule has 0 aliphatic rings. The molecule has 1 atom stereocenters. The second kappa shape index (κ2) is 6.32. The summed E-state index contributed by atoms with van der Waals surface area (Å²) in [6.07, 6.45) is 2.93. The maximum atomic E-state index is 11.8. The van der Waals surface area contributed by atoms with Gasteiger partial charge in [0, 0.05) is 6.61 Å². The lowest BCUT2D eigenvalue weighted by Crippen LogP contribution is -2.49. The van der Waals surface area contributed by atoms with Gasteiger partial charge >= 0.3 is 8.56 Å². The summed E-state index contributed by atoms with van der Waals surface area (Å²) in [6, 6.07) is 0. The van der Waals surface area contributed by atoms with Crippen LogP contribution in [0.25, 0.3) is 0 Å². The van der Waals surface area contributed by atoms with E-state index in [-0.39, 0.29) is 5.78 Å². The molecule has 0 spiro atoms. The number of hydrogen-bond acceptors (Lipinski definition) is 3. The van der Waals surface area contributed by atoms with Crippen molar-refractivity contribution in [3.8, 4) is 0 Å². The first-order valence-corrected chi connectivity index (χ1v) is 8.64. The summed E-state index contributed by atoms with van der Waals surface area (Å²) in [6.45, 7) is 13.9. The highest BCUT2D eigenvalue weighted by molar-refractivity contribution is 6.64. The van der Waals surface area contributed by atoms with Crippen molar-refractivity contribution in [2.75, 3.05) is 6.61 Å². The lowest BCUT2D eigenvalue weighted by molar-refractivity contribution is -0.130. The fourth-order valence-electron chi connectivity index (χ4n) is 1.84. The normalized spacial score (nSPS) is 15.6. The highest BCUT2D eigenvalue weighted by Crippen LogP contribution is 2.25. The van der Waals surface area contributed by atoms with E-state index in [0.717, 1.165) is 6.42 Å². The molecule has 0 saturated carbocycles. The van der Waals surface area contributed by atoms with Gasteiger partial charge in [0.1, 0.15) is 5.60 Å². The molecule has 0 aromatic carbocycles. The number of rotatable bonds is 8. The van der Waals surface area contributed by atoms with Crippen molar-refractivity contribution in [2.45, 2.75) is 52.3 Å². The summed E-state index contributed by atoms with van der Waals surface area (Å²) in [5.74, 6) is -0.0605. The van der Waals surface area contributed by atoms with E-state index in [1.165, 1.54) is 6.08 Å². The third-order valence-electron chi connectivity index (χ3n) is 2.40. The lowest BCUT2D eigenvalue weighted by Gasteiger charge is -2.35. The summed E-state index contributed by atoms with van der Waals surface area (Å²) < 4.78 is 11.6. The average molecular weight is 244 g/mol. The van der Waals surface area contributed by atoms with Gasteiger partial charge in [0.15, 0.2) is 5.78 Å². The highest BCUT2D eigenvalue weighted by Gasteiger charge is 2.39. The average Bonchev–Trinajstić information content (AvgIpc) is 2.15. The third kappa shape index (κ3) is 4.59. The summed E-state index contributed by atoms with van der Waals surface area (Å²) in [5, 5.41) is 0. The third-order valence-corrected chi connectivity index (χ3v) is 4.32. The molecule has 0 rings (SSSR count). The van der Waals surface area contributed by atoms with E-state index in [1.807, 2.05) is 33.9 Å². The molecular formula is C12H24O3Si. The molecule has 1 unspecified atom stereocenters. The molecule has 0 aliphatic carbocycles. The Hall–Kier alpha value is -0.453. The number of carbonyl (C=O) groups is 1. The number of ketones is 1. The van der Waals surface area contributed by atoms with Gasteiger partial charge in [0.2, 0.25) is 0 Å². The Morgan fingerprint density at radius 2 is 2.00 bits per heavy atom. The van der Waals surface area contributed by atoms with Crippen LogP contribution in [0.2, 0.25) is 13.1 Å². The zero-order valence-corrected chi connectivity index (χ0v) is 12.1. The summed E-state index contributed by atoms with van der Waals surface area (Å²) >= 11 is 0. The Kier molecular flexibility index (Phi) is 6.14. The van der Waals surface area contributed by atoms with Crippen molar-refractivity contribution < 1.29 is 13.6 Å². The van der Waals surface area contributed by atoms with E-state index in [2.05, 4.69) is 6.58 Å². The summed E-state index contributed by atoms with van der Waals surface area (Å²) in [7, 11) is -2.22. The number of hydrogen-bond donors (Lipinski definition) is 0. The second-order valence-electron chi connectivity index (χ2n) is 4.48. The fourth-order valence-corrected chi connectivity index (χ4v) is 3.88. The standard InChI is InChI=1S/C12H24O3Si/c1-7-10-12(4,11(13)8-2)15-16(5,6)14-9-3/h8H,2,7,9-10H2,1,3-6H3. The minimum Gasteiger partial charge on any atom is -0.395 e. The van der Waals surface area contributed by atoms with Gasteiger partial charge in [-0.2, -0.15) is 0 Å². The van der Waals surface area contributed by atoms with Crippen LogP contribution in [0.5, 0.6) is 0 Å². The zero-order valence-electron chi connectivity index (χ0n) is 11.1. The molecule has 94 valence electrons. The van der Waals surface area contributed by atoms with Gasteiger partial charge in [-0.3, -0.25) is 4.79 Å². The number of carbonyl (C=O) groups excluding carboxylic acids is 1. The van der Waals surface area contributed by atoms with E-state index in [4.69, 9.17) is 8.85 Å². The van der Waals surface area contributed by atoms with Gasteiger partial charge in [0.05, 0.1) is 0 Å². The molecule has 16 heavy (non-hydrogen) atoms. The van der Waals surface area contributed by atoms with Gasteiger partial charge in [-0.15, -0.1) is 0 Å². The Balaban J connectivity index is 4.79. The van der Waals surface area contributed by atoms with Crippen LogP contribution in [0.4, 0.5) is 0 Å². The van der Waals surface area contributed by atoms with Crippen LogP contribution in [0.1, 0.15) is 33.6 Å². The molecule has 0 amide bonds. The predicted molar refractivity (Wildman–Crippen MR) is 68.7 cm³/mol. The van der Waals surface area contributed by atoms with Gasteiger partial charge in [-0.05, 0) is 39.4 Å². The predicted octanol–water partition coefficient (Wildman–Crippen LogP) is 3.06. The van der Waals surface area contributed by atoms with Crippen LogP contribution in [0.15, 0.2) is 12.7 Å². The smallest absolute Gasteiger partial charge is 0.332 e. The van der Waals surface area contributed by atoms with Crippen LogP contribution in [-0.2, 0) is 13.6 Å². The Bertz CT molecular complexity index is 251. The first-order valence-electron chi connectivity index (χ1n) is 5.82. The first-order chi connectivity index (χ1) is 7.31. The zero-order chi connectivity index (χ0) is 12.8. The van der Waals surface area contributed by atoms with Crippen molar-refractivity contribution in [3.05, 3.63) is 12.7 Å². The summed E-state index contributed by atoms with van der Waals surface area (Å²) in [5.41, 5.74) is -0.776. The molecule has 0 fully saturated rings. The fraction of sp³-hybridized carbons (Fsp3) is 0.750. The maximum absolute atomic E-state index is 11.8. The molecule has 0 bridgehead atoms. The van der Waals surface area contributed by atoms with E-state index in [9.17, 15) is 4.79 Å². The van der Waals surface area contributed by atoms with Gasteiger partial charge in [0.25, 0.3) is 0 Å². The molecular weight excluding hydrogens is 220 g/mol. The van der Waals surface area contributed by atoms with Crippen molar-refractivity contribution in [3.63, 3.8) is 0 Å². The van der Waals surface area contributed by atoms with Crippen LogP contribution in [-0.4, -0.2) is 26.6 Å². The molecule has 0 heterocycles. The minimum atomic E-state index is -2.22. The van der Waals surface area contributed by atoms with Gasteiger partial charge in [-0.1, -0.05) is 19.9 Å². The van der Waals surface area contributed by atoms with Crippen molar-refractivity contribution in [1.82, 2.24) is 0 Å². The largest absolute Gasteiger partial charge is 0.395 e. The molecule has 0 saturated heterocycles. The Morgan fingerprint density at radius 1 is 1.44 bits per heavy atom. The van der Waals surface area contributed by atoms with Crippen LogP contribution >= 0.6 is 0 Å². The highest BCUT2D eigenvalue weighted by atomic mass is 28.4. The summed E-state index contributed by atoms with van der Waals surface area (Å²) in [4.78, 5) is 11.8. The lowest BCUT2D eigenvalue weighted by atomic mass is 9.95. The van der Waals surface area contributed by atoms with Gasteiger partial charge < -0.3 is 8.85 Å². The van der Waals surface area contributed by atoms with Crippen LogP contribution in [0.3, 0.4) is 0 Å². The van der Waals surface area contributed by atoms with Crippen LogP contribution in [0, 0.1) is 0 Å². The molecule has 0 N–H and O–H groups in total. The van der Waals surface area contributed by atoms with E-state index < -0.39 is 14.2 Å².